The number of nitrogens with one attached hydrogen (secondary N) is 2. The topological polar surface area (TPSA) is 105 Å². The number of fused-ring (bicyclic) bond motifs is 1. The summed E-state index contributed by atoms with van der Waals surface area (Å²) in [5.41, 5.74) is 0.0711. The van der Waals surface area contributed by atoms with Crippen LogP contribution in [0.1, 0.15) is 39.5 Å². The number of carbonyl (C=O) groups excluding carboxylic acids is 2. The molecule has 25 heavy (non-hydrogen) atoms. The van der Waals surface area contributed by atoms with E-state index < -0.39 is 23.4 Å². The number of carboxylic acids is 1. The van der Waals surface area contributed by atoms with Crippen molar-refractivity contribution in [3.8, 4) is 5.75 Å². The second-order valence-electron chi connectivity index (χ2n) is 7.10. The molecule has 0 saturated heterocycles. The van der Waals surface area contributed by atoms with E-state index in [9.17, 15) is 19.5 Å². The highest BCUT2D eigenvalue weighted by Crippen LogP contribution is 2.36. The molecular weight excluding hydrogens is 324 g/mol. The van der Waals surface area contributed by atoms with Crippen molar-refractivity contribution in [1.29, 1.82) is 0 Å². The van der Waals surface area contributed by atoms with E-state index in [1.165, 1.54) is 0 Å². The van der Waals surface area contributed by atoms with Gasteiger partial charge in [0.05, 0.1) is 17.5 Å². The lowest BCUT2D eigenvalue weighted by atomic mass is 9.78. The van der Waals surface area contributed by atoms with Crippen LogP contribution in [0.2, 0.25) is 0 Å². The quantitative estimate of drug-likeness (QED) is 0.780. The molecule has 1 fully saturated rings. The van der Waals surface area contributed by atoms with E-state index in [2.05, 4.69) is 10.6 Å². The molecular formula is C18H22N2O5. The van der Waals surface area contributed by atoms with Crippen molar-refractivity contribution in [2.45, 2.75) is 45.1 Å². The van der Waals surface area contributed by atoms with Gasteiger partial charge in [0.15, 0.2) is 5.60 Å². The van der Waals surface area contributed by atoms with Crippen molar-refractivity contribution in [2.24, 2.45) is 11.8 Å². The average molecular weight is 346 g/mol. The van der Waals surface area contributed by atoms with Crippen LogP contribution < -0.4 is 15.4 Å². The Bertz CT molecular complexity index is 728. The van der Waals surface area contributed by atoms with Gasteiger partial charge in [-0.2, -0.15) is 0 Å². The zero-order chi connectivity index (χ0) is 18.2. The number of carbonyl (C=O) groups is 3. The third kappa shape index (κ3) is 3.45. The van der Waals surface area contributed by atoms with Crippen LogP contribution in [0.4, 0.5) is 11.4 Å². The van der Waals surface area contributed by atoms with Crippen LogP contribution in [0.5, 0.6) is 5.75 Å². The van der Waals surface area contributed by atoms with Gasteiger partial charge >= 0.3 is 5.97 Å². The van der Waals surface area contributed by atoms with Crippen molar-refractivity contribution >= 4 is 29.2 Å². The predicted molar refractivity (Wildman–Crippen MR) is 91.5 cm³/mol. The van der Waals surface area contributed by atoms with Crippen LogP contribution in [-0.4, -0.2) is 28.5 Å². The van der Waals surface area contributed by atoms with E-state index >= 15 is 0 Å². The van der Waals surface area contributed by atoms with Crippen LogP contribution in [0.15, 0.2) is 18.2 Å². The predicted octanol–water partition coefficient (Wildman–Crippen LogP) is 2.63. The largest absolute Gasteiger partial charge is 0.481 e. The van der Waals surface area contributed by atoms with Crippen LogP contribution >= 0.6 is 0 Å². The molecule has 1 heterocycles. The molecule has 1 aromatic rings. The van der Waals surface area contributed by atoms with Gasteiger partial charge in [-0.05, 0) is 38.8 Å². The highest BCUT2D eigenvalue weighted by molar-refractivity contribution is 6.01. The first kappa shape index (κ1) is 17.3. The smallest absolute Gasteiger partial charge is 0.307 e. The molecule has 7 heteroatoms. The summed E-state index contributed by atoms with van der Waals surface area (Å²) >= 11 is 0. The van der Waals surface area contributed by atoms with E-state index in [0.29, 0.717) is 30.0 Å². The minimum Gasteiger partial charge on any atom is -0.481 e. The van der Waals surface area contributed by atoms with Gasteiger partial charge in [-0.1, -0.05) is 12.8 Å². The normalized spacial score (nSPS) is 24.5. The van der Waals surface area contributed by atoms with Crippen LogP contribution in [0, 0.1) is 11.8 Å². The molecule has 0 bridgehead atoms. The SMILES string of the molecule is CC1(C)Oc2cc(NC(=O)[C@@H]3CCCC[C@H]3C(=O)O)ccc2NC1=O. The number of carboxylic acid groups (broad SMARTS) is 1. The minimum absolute atomic E-state index is 0.233. The van der Waals surface area contributed by atoms with Crippen LogP contribution in [0.3, 0.4) is 0 Å². The Kier molecular flexibility index (Phi) is 4.41. The molecule has 2 atom stereocenters. The van der Waals surface area contributed by atoms with Crippen LogP contribution in [0.25, 0.3) is 0 Å². The molecule has 2 aliphatic rings. The van der Waals surface area contributed by atoms with Crippen molar-refractivity contribution in [3.05, 3.63) is 18.2 Å². The number of hydrogen-bond donors (Lipinski definition) is 3. The molecule has 1 saturated carbocycles. The molecule has 3 N–H and O–H groups in total. The molecule has 2 amide bonds. The standard InChI is InChI=1S/C18H22N2O5/c1-18(2)17(24)20-13-8-7-10(9-14(13)25-18)19-15(21)11-5-3-4-6-12(11)16(22)23/h7-9,11-12H,3-6H2,1-2H3,(H,19,21)(H,20,24)(H,22,23)/t11-,12-/m1/s1. The second-order valence-corrected chi connectivity index (χ2v) is 7.10. The summed E-state index contributed by atoms with van der Waals surface area (Å²) in [6.45, 7) is 3.33. The lowest BCUT2D eigenvalue weighted by molar-refractivity contribution is -0.147. The van der Waals surface area contributed by atoms with E-state index in [1.54, 1.807) is 32.0 Å². The third-order valence-electron chi connectivity index (χ3n) is 4.83. The molecule has 0 unspecified atom stereocenters. The zero-order valence-electron chi connectivity index (χ0n) is 14.3. The van der Waals surface area contributed by atoms with Gasteiger partial charge in [0.2, 0.25) is 5.91 Å². The summed E-state index contributed by atoms with van der Waals surface area (Å²) in [5, 5.41) is 14.9. The monoisotopic (exact) mass is 346 g/mol. The molecule has 3 rings (SSSR count). The number of amides is 2. The number of ether oxygens (including phenoxy) is 1. The summed E-state index contributed by atoms with van der Waals surface area (Å²) < 4.78 is 5.70. The molecule has 0 spiro atoms. The fraction of sp³-hybridized carbons (Fsp3) is 0.500. The molecule has 1 aromatic carbocycles. The van der Waals surface area contributed by atoms with Crippen molar-refractivity contribution in [3.63, 3.8) is 0 Å². The lowest BCUT2D eigenvalue weighted by Crippen LogP contribution is -2.45. The Labute approximate surface area is 145 Å². The Morgan fingerprint density at radius 3 is 2.60 bits per heavy atom. The molecule has 1 aliphatic heterocycles. The fourth-order valence-electron chi connectivity index (χ4n) is 3.36. The van der Waals surface area contributed by atoms with Gasteiger partial charge in [0.25, 0.3) is 5.91 Å². The average Bonchev–Trinajstić information content (AvgIpc) is 2.55. The Morgan fingerprint density at radius 1 is 1.24 bits per heavy atom. The lowest BCUT2D eigenvalue weighted by Gasteiger charge is -2.32. The highest BCUT2D eigenvalue weighted by Gasteiger charge is 2.37. The Balaban J connectivity index is 1.76. The number of rotatable bonds is 3. The summed E-state index contributed by atoms with van der Waals surface area (Å²) in [6.07, 6.45) is 2.80. The maximum Gasteiger partial charge on any atom is 0.307 e. The van der Waals surface area contributed by atoms with Crippen molar-refractivity contribution < 1.29 is 24.2 Å². The third-order valence-corrected chi connectivity index (χ3v) is 4.83. The molecule has 0 radical (unpaired) electrons. The van der Waals surface area contributed by atoms with E-state index in [4.69, 9.17) is 4.74 Å². The maximum absolute atomic E-state index is 12.5. The van der Waals surface area contributed by atoms with Crippen molar-refractivity contribution in [1.82, 2.24) is 0 Å². The Morgan fingerprint density at radius 2 is 1.92 bits per heavy atom. The molecule has 7 nitrogen and oxygen atoms in total. The first-order valence-electron chi connectivity index (χ1n) is 8.46. The summed E-state index contributed by atoms with van der Waals surface area (Å²) in [6, 6.07) is 4.97. The van der Waals surface area contributed by atoms with Gasteiger partial charge in [0.1, 0.15) is 5.75 Å². The molecule has 1 aliphatic carbocycles. The number of hydrogen-bond acceptors (Lipinski definition) is 4. The Hall–Kier alpha value is -2.57. The van der Waals surface area contributed by atoms with Gasteiger partial charge < -0.3 is 20.5 Å². The van der Waals surface area contributed by atoms with Crippen LogP contribution in [-0.2, 0) is 14.4 Å². The van der Waals surface area contributed by atoms with E-state index in [1.807, 2.05) is 0 Å². The fourth-order valence-corrected chi connectivity index (χ4v) is 3.36. The van der Waals surface area contributed by atoms with Gasteiger partial charge in [-0.15, -0.1) is 0 Å². The second kappa shape index (κ2) is 6.38. The molecule has 134 valence electrons. The summed E-state index contributed by atoms with van der Waals surface area (Å²) in [5.74, 6) is -2.13. The van der Waals surface area contributed by atoms with Gasteiger partial charge in [-0.25, -0.2) is 0 Å². The van der Waals surface area contributed by atoms with Gasteiger partial charge in [-0.3, -0.25) is 14.4 Å². The first-order valence-corrected chi connectivity index (χ1v) is 8.46. The minimum atomic E-state index is -0.993. The zero-order valence-corrected chi connectivity index (χ0v) is 14.3. The summed E-state index contributed by atoms with van der Waals surface area (Å²) in [7, 11) is 0. The number of anilines is 2. The molecule has 0 aromatic heterocycles. The van der Waals surface area contributed by atoms with E-state index in [-0.39, 0.29) is 11.8 Å². The first-order chi connectivity index (χ1) is 11.8. The summed E-state index contributed by atoms with van der Waals surface area (Å²) in [4.78, 5) is 35.8. The van der Waals surface area contributed by atoms with Crippen molar-refractivity contribution in [2.75, 3.05) is 10.6 Å². The van der Waals surface area contributed by atoms with E-state index in [0.717, 1.165) is 12.8 Å². The maximum atomic E-state index is 12.5. The number of aliphatic carboxylic acids is 1. The number of benzene rings is 1. The van der Waals surface area contributed by atoms with Gasteiger partial charge in [0, 0.05) is 11.8 Å². The highest BCUT2D eigenvalue weighted by atomic mass is 16.5.